The lowest BCUT2D eigenvalue weighted by atomic mass is 10.1. The normalized spacial score (nSPS) is 10.9. The largest absolute Gasteiger partial charge is 0.323 e. The summed E-state index contributed by atoms with van der Waals surface area (Å²) in [4.78, 5) is 16.7. The Labute approximate surface area is 173 Å². The third-order valence-electron chi connectivity index (χ3n) is 4.06. The van der Waals surface area contributed by atoms with Gasteiger partial charge in [-0.05, 0) is 18.2 Å². The number of nitrogens with one attached hydrogen (secondary N) is 2. The molecule has 0 aliphatic rings. The van der Waals surface area contributed by atoms with Crippen molar-refractivity contribution >= 4 is 46.3 Å². The van der Waals surface area contributed by atoms with Crippen molar-refractivity contribution in [2.24, 2.45) is 0 Å². The van der Waals surface area contributed by atoms with Crippen LogP contribution in [-0.2, 0) is 0 Å². The van der Waals surface area contributed by atoms with E-state index in [1.807, 2.05) is 0 Å². The highest BCUT2D eigenvalue weighted by Crippen LogP contribution is 2.36. The first-order valence-electron chi connectivity index (χ1n) is 8.24. The van der Waals surface area contributed by atoms with Gasteiger partial charge < -0.3 is 10.6 Å². The number of carbonyl (C=O) groups is 1. The number of benzene rings is 2. The van der Waals surface area contributed by atoms with Crippen LogP contribution in [0.1, 0.15) is 0 Å². The summed E-state index contributed by atoms with van der Waals surface area (Å²) >= 11 is 12.4. The summed E-state index contributed by atoms with van der Waals surface area (Å²) in [5.74, 6) is -1.65. The van der Waals surface area contributed by atoms with Gasteiger partial charge in [-0.25, -0.2) is 23.1 Å². The second-order valence-electron chi connectivity index (χ2n) is 5.93. The van der Waals surface area contributed by atoms with Crippen LogP contribution in [-0.4, -0.2) is 20.6 Å². The Kier molecular flexibility index (Phi) is 5.04. The van der Waals surface area contributed by atoms with Crippen LogP contribution in [0.25, 0.3) is 16.8 Å². The van der Waals surface area contributed by atoms with Gasteiger partial charge in [-0.1, -0.05) is 41.4 Å². The molecule has 0 aliphatic carbocycles. The molecule has 2 N–H and O–H groups in total. The lowest BCUT2D eigenvalue weighted by Crippen LogP contribution is -2.21. The third kappa shape index (κ3) is 3.72. The number of rotatable bonds is 3. The zero-order valence-corrected chi connectivity index (χ0v) is 16.0. The van der Waals surface area contributed by atoms with Gasteiger partial charge in [0.25, 0.3) is 0 Å². The maximum atomic E-state index is 13.8. The molecule has 29 heavy (non-hydrogen) atoms. The lowest BCUT2D eigenvalue weighted by molar-refractivity contribution is 0.262. The Morgan fingerprint density at radius 3 is 2.52 bits per heavy atom. The van der Waals surface area contributed by atoms with E-state index in [0.717, 1.165) is 12.1 Å². The number of aromatic nitrogens is 3. The summed E-state index contributed by atoms with van der Waals surface area (Å²) in [6.45, 7) is 0. The highest BCUT2D eigenvalue weighted by Gasteiger charge is 2.19. The molecule has 0 saturated carbocycles. The van der Waals surface area contributed by atoms with Crippen LogP contribution in [0.2, 0.25) is 10.2 Å². The van der Waals surface area contributed by atoms with E-state index in [-0.39, 0.29) is 16.5 Å². The first-order chi connectivity index (χ1) is 13.9. The van der Waals surface area contributed by atoms with E-state index in [0.29, 0.717) is 27.9 Å². The van der Waals surface area contributed by atoms with Gasteiger partial charge in [0.1, 0.15) is 11.6 Å². The molecular formula is C19H11Cl2F2N5O. The van der Waals surface area contributed by atoms with Crippen LogP contribution in [0.15, 0.2) is 54.9 Å². The standard InChI is InChI=1S/C19H11Cl2F2N5O/c20-12-4-2-1-3-11(12)17-15(8-25-28-16(21)9-24-18(17)28)27-19(29)26-14-6-5-10(22)7-13(14)23/h1-9H,(H2,26,27,29). The molecule has 0 unspecified atom stereocenters. The molecule has 0 aliphatic heterocycles. The van der Waals surface area contributed by atoms with Crippen molar-refractivity contribution < 1.29 is 13.6 Å². The van der Waals surface area contributed by atoms with Crippen LogP contribution < -0.4 is 10.6 Å². The molecule has 0 saturated heterocycles. The number of nitrogens with zero attached hydrogens (tertiary/aromatic N) is 3. The average Bonchev–Trinajstić information content (AvgIpc) is 3.06. The van der Waals surface area contributed by atoms with Gasteiger partial charge in [0.05, 0.1) is 29.3 Å². The highest BCUT2D eigenvalue weighted by atomic mass is 35.5. The molecule has 4 aromatic rings. The molecule has 146 valence electrons. The van der Waals surface area contributed by atoms with Crippen molar-refractivity contribution in [2.45, 2.75) is 0 Å². The SMILES string of the molecule is O=C(Nc1ccc(F)cc1F)Nc1cnn2c(Cl)cnc2c1-c1ccccc1Cl. The second-order valence-corrected chi connectivity index (χ2v) is 6.73. The zero-order valence-electron chi connectivity index (χ0n) is 14.5. The third-order valence-corrected chi connectivity index (χ3v) is 4.65. The summed E-state index contributed by atoms with van der Waals surface area (Å²) < 4.78 is 28.3. The zero-order chi connectivity index (χ0) is 20.5. The number of amides is 2. The molecule has 0 fully saturated rings. The fraction of sp³-hybridized carbons (Fsp3) is 0. The van der Waals surface area contributed by atoms with E-state index in [2.05, 4.69) is 20.7 Å². The second kappa shape index (κ2) is 7.65. The minimum Gasteiger partial charge on any atom is -0.305 e. The van der Waals surface area contributed by atoms with Crippen molar-refractivity contribution in [2.75, 3.05) is 10.6 Å². The number of urea groups is 1. The average molecular weight is 434 g/mol. The van der Waals surface area contributed by atoms with E-state index in [1.54, 1.807) is 24.3 Å². The van der Waals surface area contributed by atoms with Gasteiger partial charge in [0.2, 0.25) is 0 Å². The monoisotopic (exact) mass is 433 g/mol. The number of halogens is 4. The minimum atomic E-state index is -0.903. The van der Waals surface area contributed by atoms with Crippen LogP contribution in [0.4, 0.5) is 25.0 Å². The molecule has 0 radical (unpaired) electrons. The van der Waals surface area contributed by atoms with Crippen LogP contribution in [0.5, 0.6) is 0 Å². The Hall–Kier alpha value is -3.23. The van der Waals surface area contributed by atoms with E-state index < -0.39 is 17.7 Å². The molecule has 2 amide bonds. The van der Waals surface area contributed by atoms with Crippen LogP contribution >= 0.6 is 23.2 Å². The van der Waals surface area contributed by atoms with Gasteiger partial charge in [-0.2, -0.15) is 5.10 Å². The van der Waals surface area contributed by atoms with E-state index in [9.17, 15) is 13.6 Å². The van der Waals surface area contributed by atoms with Crippen molar-refractivity contribution in [1.29, 1.82) is 0 Å². The first-order valence-corrected chi connectivity index (χ1v) is 9.00. The quantitative estimate of drug-likeness (QED) is 0.440. The maximum absolute atomic E-state index is 13.8. The van der Waals surface area contributed by atoms with Crippen molar-refractivity contribution in [3.05, 3.63) is 76.7 Å². The van der Waals surface area contributed by atoms with Gasteiger partial charge >= 0.3 is 6.03 Å². The highest BCUT2D eigenvalue weighted by molar-refractivity contribution is 6.34. The molecule has 2 heterocycles. The Morgan fingerprint density at radius 2 is 1.76 bits per heavy atom. The van der Waals surface area contributed by atoms with E-state index >= 15 is 0 Å². The smallest absolute Gasteiger partial charge is 0.305 e. The van der Waals surface area contributed by atoms with Gasteiger partial charge in [0, 0.05) is 16.7 Å². The Balaban J connectivity index is 1.75. The summed E-state index contributed by atoms with van der Waals surface area (Å²) in [6.07, 6.45) is 2.79. The Morgan fingerprint density at radius 1 is 1.00 bits per heavy atom. The maximum Gasteiger partial charge on any atom is 0.323 e. The molecule has 0 atom stereocenters. The van der Waals surface area contributed by atoms with Gasteiger partial charge in [-0.15, -0.1) is 0 Å². The fourth-order valence-corrected chi connectivity index (χ4v) is 3.20. The number of carbonyl (C=O) groups excluding carboxylic acids is 1. The summed E-state index contributed by atoms with van der Waals surface area (Å²) in [7, 11) is 0. The summed E-state index contributed by atoms with van der Waals surface area (Å²) in [5, 5.41) is 9.78. The van der Waals surface area contributed by atoms with Crippen LogP contribution in [0.3, 0.4) is 0 Å². The fourth-order valence-electron chi connectivity index (χ4n) is 2.80. The van der Waals surface area contributed by atoms with Gasteiger partial charge in [0.15, 0.2) is 10.8 Å². The van der Waals surface area contributed by atoms with Crippen molar-refractivity contribution in [3.8, 4) is 11.1 Å². The molecule has 10 heteroatoms. The van der Waals surface area contributed by atoms with Gasteiger partial charge in [-0.3, -0.25) is 0 Å². The molecule has 0 spiro atoms. The minimum absolute atomic E-state index is 0.180. The lowest BCUT2D eigenvalue weighted by Gasteiger charge is -2.14. The first kappa shape index (κ1) is 19.1. The number of fused-ring (bicyclic) bond motifs is 1. The van der Waals surface area contributed by atoms with Crippen molar-refractivity contribution in [3.63, 3.8) is 0 Å². The molecular weight excluding hydrogens is 423 g/mol. The van der Waals surface area contributed by atoms with E-state index in [4.69, 9.17) is 23.2 Å². The Bertz CT molecular complexity index is 1240. The number of imidazole rings is 1. The number of anilines is 2. The van der Waals surface area contributed by atoms with Crippen LogP contribution in [0, 0.1) is 11.6 Å². The molecule has 0 bridgehead atoms. The van der Waals surface area contributed by atoms with Crippen molar-refractivity contribution in [1.82, 2.24) is 14.6 Å². The van der Waals surface area contributed by atoms with E-state index in [1.165, 1.54) is 16.9 Å². The molecule has 2 aromatic heterocycles. The predicted molar refractivity (Wildman–Crippen MR) is 107 cm³/mol. The molecule has 2 aromatic carbocycles. The molecule has 6 nitrogen and oxygen atoms in total. The summed E-state index contributed by atoms with van der Waals surface area (Å²) in [5.41, 5.74) is 1.53. The number of hydrogen-bond acceptors (Lipinski definition) is 3. The summed E-state index contributed by atoms with van der Waals surface area (Å²) in [6, 6.07) is 9.06. The topological polar surface area (TPSA) is 71.3 Å². The predicted octanol–water partition coefficient (Wildman–Crippen LogP) is 5.63. The molecule has 4 rings (SSSR count). The number of hydrogen-bond donors (Lipinski definition) is 2.